The van der Waals surface area contributed by atoms with Gasteiger partial charge in [-0.3, -0.25) is 4.79 Å². The molecule has 0 saturated heterocycles. The van der Waals surface area contributed by atoms with Gasteiger partial charge in [0.15, 0.2) is 0 Å². The van der Waals surface area contributed by atoms with Crippen LogP contribution >= 0.6 is 0 Å². The number of carbonyl (C=O) groups is 1. The maximum atomic E-state index is 13.9. The highest BCUT2D eigenvalue weighted by Crippen LogP contribution is 2.32. The van der Waals surface area contributed by atoms with E-state index in [0.29, 0.717) is 16.9 Å². The maximum Gasteiger partial charge on any atom is 0.305 e. The molecule has 0 heterocycles. The van der Waals surface area contributed by atoms with E-state index >= 15 is 0 Å². The summed E-state index contributed by atoms with van der Waals surface area (Å²) in [7, 11) is 1.46. The Morgan fingerprint density at radius 3 is 2.61 bits per heavy atom. The van der Waals surface area contributed by atoms with Gasteiger partial charge in [0.05, 0.1) is 13.5 Å². The molecule has 0 radical (unpaired) electrons. The topological polar surface area (TPSA) is 72.5 Å². The molecule has 0 aromatic heterocycles. The van der Waals surface area contributed by atoms with Crippen LogP contribution in [-0.4, -0.2) is 18.2 Å². The molecule has 4 nitrogen and oxygen atoms in total. The third-order valence-electron chi connectivity index (χ3n) is 2.71. The molecule has 0 aliphatic heterocycles. The zero-order valence-corrected chi connectivity index (χ0v) is 10.7. The lowest BCUT2D eigenvalue weighted by Gasteiger charge is -2.20. The normalized spacial score (nSPS) is 13.2. The average molecular weight is 255 g/mol. The summed E-state index contributed by atoms with van der Waals surface area (Å²) < 4.78 is 19.0. The average Bonchev–Trinajstić information content (AvgIpc) is 2.26. The van der Waals surface area contributed by atoms with Gasteiger partial charge in [-0.25, -0.2) is 4.39 Å². The largest absolute Gasteiger partial charge is 0.496 e. The predicted molar refractivity (Wildman–Crippen MR) is 66.3 cm³/mol. The van der Waals surface area contributed by atoms with Crippen molar-refractivity contribution in [3.05, 3.63) is 29.3 Å². The van der Waals surface area contributed by atoms with Crippen LogP contribution < -0.4 is 10.5 Å². The summed E-state index contributed by atoms with van der Waals surface area (Å²) in [5.41, 5.74) is 5.24. The lowest BCUT2D eigenvalue weighted by Crippen LogP contribution is -2.17. The van der Waals surface area contributed by atoms with Crippen molar-refractivity contribution in [3.8, 4) is 5.75 Å². The summed E-state index contributed by atoms with van der Waals surface area (Å²) in [6.07, 6.45) is -0.230. The molecule has 18 heavy (non-hydrogen) atoms. The van der Waals surface area contributed by atoms with Crippen LogP contribution in [0.15, 0.2) is 18.2 Å². The van der Waals surface area contributed by atoms with Crippen LogP contribution in [0.3, 0.4) is 0 Å². The van der Waals surface area contributed by atoms with Crippen LogP contribution in [0.5, 0.6) is 5.75 Å². The Labute approximate surface area is 106 Å². The summed E-state index contributed by atoms with van der Waals surface area (Å²) in [5, 5.41) is 8.74. The van der Waals surface area contributed by atoms with E-state index in [-0.39, 0.29) is 6.42 Å². The van der Waals surface area contributed by atoms with Crippen LogP contribution in [0.25, 0.3) is 0 Å². The highest BCUT2D eigenvalue weighted by molar-refractivity contribution is 5.68. The maximum absolute atomic E-state index is 13.9. The van der Waals surface area contributed by atoms with Gasteiger partial charge in [-0.15, -0.1) is 0 Å². The molecule has 0 spiro atoms. The van der Waals surface area contributed by atoms with Gasteiger partial charge in [0.1, 0.15) is 11.4 Å². The van der Waals surface area contributed by atoms with E-state index in [1.165, 1.54) is 21.0 Å². The quantitative estimate of drug-likeness (QED) is 0.847. The van der Waals surface area contributed by atoms with Crippen LogP contribution in [0.4, 0.5) is 4.39 Å². The van der Waals surface area contributed by atoms with Gasteiger partial charge >= 0.3 is 5.97 Å². The molecule has 0 aliphatic rings. The molecule has 100 valence electrons. The molecule has 3 N–H and O–H groups in total. The fourth-order valence-corrected chi connectivity index (χ4v) is 1.69. The second kappa shape index (κ2) is 5.35. The van der Waals surface area contributed by atoms with Gasteiger partial charge in [-0.05, 0) is 31.5 Å². The number of hydrogen-bond acceptors (Lipinski definition) is 3. The summed E-state index contributed by atoms with van der Waals surface area (Å²) in [6.45, 7) is 2.86. The Kier molecular flexibility index (Phi) is 4.29. The highest BCUT2D eigenvalue weighted by Gasteiger charge is 2.22. The van der Waals surface area contributed by atoms with Crippen molar-refractivity contribution in [2.24, 2.45) is 5.73 Å². The van der Waals surface area contributed by atoms with E-state index in [4.69, 9.17) is 15.6 Å². The molecule has 0 fully saturated rings. The first-order chi connectivity index (χ1) is 8.25. The predicted octanol–water partition coefficient (Wildman–Crippen LogP) is 2.37. The van der Waals surface area contributed by atoms with Crippen LogP contribution in [0.2, 0.25) is 0 Å². The zero-order valence-electron chi connectivity index (χ0n) is 10.7. The molecule has 0 amide bonds. The first-order valence-corrected chi connectivity index (χ1v) is 5.60. The van der Waals surface area contributed by atoms with Crippen molar-refractivity contribution >= 4 is 5.97 Å². The number of carboxylic acid groups (broad SMARTS) is 1. The molecule has 5 heteroatoms. The SMILES string of the molecule is COc1ccc(C(C)(C)F)cc1C(N)CC(=O)O. The van der Waals surface area contributed by atoms with Crippen molar-refractivity contribution in [2.75, 3.05) is 7.11 Å². The third kappa shape index (κ3) is 3.43. The molecule has 1 aromatic carbocycles. The van der Waals surface area contributed by atoms with Gasteiger partial charge in [0.25, 0.3) is 0 Å². The Hall–Kier alpha value is -1.62. The number of halogens is 1. The summed E-state index contributed by atoms with van der Waals surface area (Å²) in [5.74, 6) is -0.536. The number of methoxy groups -OCH3 is 1. The molecule has 0 bridgehead atoms. The van der Waals surface area contributed by atoms with Crippen molar-refractivity contribution in [1.82, 2.24) is 0 Å². The monoisotopic (exact) mass is 255 g/mol. The van der Waals surface area contributed by atoms with E-state index in [9.17, 15) is 9.18 Å². The number of nitrogens with two attached hydrogens (primary N) is 1. The Morgan fingerprint density at radius 2 is 2.17 bits per heavy atom. The van der Waals surface area contributed by atoms with Gasteiger partial charge in [-0.2, -0.15) is 0 Å². The van der Waals surface area contributed by atoms with Gasteiger partial charge in [0, 0.05) is 11.6 Å². The minimum absolute atomic E-state index is 0.230. The summed E-state index contributed by atoms with van der Waals surface area (Å²) >= 11 is 0. The smallest absolute Gasteiger partial charge is 0.305 e. The fourth-order valence-electron chi connectivity index (χ4n) is 1.69. The van der Waals surface area contributed by atoms with E-state index in [0.717, 1.165) is 0 Å². The summed E-state index contributed by atoms with van der Waals surface area (Å²) in [6, 6.07) is 4.05. The Balaban J connectivity index is 3.17. The van der Waals surface area contributed by atoms with Gasteiger partial charge in [0.2, 0.25) is 0 Å². The highest BCUT2D eigenvalue weighted by atomic mass is 19.1. The van der Waals surface area contributed by atoms with E-state index in [2.05, 4.69) is 0 Å². The molecule has 1 rings (SSSR count). The van der Waals surface area contributed by atoms with E-state index in [1.807, 2.05) is 0 Å². The van der Waals surface area contributed by atoms with E-state index in [1.54, 1.807) is 18.2 Å². The van der Waals surface area contributed by atoms with E-state index < -0.39 is 17.7 Å². The number of ether oxygens (including phenoxy) is 1. The lowest BCUT2D eigenvalue weighted by molar-refractivity contribution is -0.137. The molecular formula is C13H18FNO3. The Bertz CT molecular complexity index is 440. The fraction of sp³-hybridized carbons (Fsp3) is 0.462. The third-order valence-corrected chi connectivity index (χ3v) is 2.71. The van der Waals surface area contributed by atoms with Crippen LogP contribution in [-0.2, 0) is 10.5 Å². The minimum Gasteiger partial charge on any atom is -0.496 e. The summed E-state index contributed by atoms with van der Waals surface area (Å²) in [4.78, 5) is 10.7. The molecular weight excluding hydrogens is 237 g/mol. The Morgan fingerprint density at radius 1 is 1.56 bits per heavy atom. The molecule has 1 atom stereocenters. The number of benzene rings is 1. The number of carboxylic acids is 1. The zero-order chi connectivity index (χ0) is 13.9. The standard InChI is InChI=1S/C13H18FNO3/c1-13(2,14)8-4-5-11(18-3)9(6-8)10(15)7-12(16)17/h4-6,10H,7,15H2,1-3H3,(H,16,17). The number of aliphatic carboxylic acids is 1. The molecule has 1 aromatic rings. The second-order valence-electron chi connectivity index (χ2n) is 4.63. The minimum atomic E-state index is -1.51. The first kappa shape index (κ1) is 14.4. The van der Waals surface area contributed by atoms with Crippen molar-refractivity contribution in [3.63, 3.8) is 0 Å². The lowest BCUT2D eigenvalue weighted by atomic mass is 9.94. The molecule has 1 unspecified atom stereocenters. The van der Waals surface area contributed by atoms with Crippen molar-refractivity contribution in [2.45, 2.75) is 32.0 Å². The molecule has 0 saturated carbocycles. The van der Waals surface area contributed by atoms with Crippen molar-refractivity contribution < 1.29 is 19.0 Å². The number of alkyl halides is 1. The number of hydrogen-bond donors (Lipinski definition) is 2. The second-order valence-corrected chi connectivity index (χ2v) is 4.63. The molecule has 0 aliphatic carbocycles. The van der Waals surface area contributed by atoms with Gasteiger partial charge in [-0.1, -0.05) is 6.07 Å². The van der Waals surface area contributed by atoms with Gasteiger partial charge < -0.3 is 15.6 Å². The van der Waals surface area contributed by atoms with Crippen molar-refractivity contribution in [1.29, 1.82) is 0 Å². The first-order valence-electron chi connectivity index (χ1n) is 5.60. The van der Waals surface area contributed by atoms with Crippen LogP contribution in [0, 0.1) is 0 Å². The van der Waals surface area contributed by atoms with Crippen LogP contribution in [0.1, 0.15) is 37.4 Å². The number of rotatable bonds is 5.